The molecule has 0 unspecified atom stereocenters. The number of hydrogen-bond donors (Lipinski definition) is 0. The third kappa shape index (κ3) is 4.33. The average Bonchev–Trinajstić information content (AvgIpc) is 2.27. The van der Waals surface area contributed by atoms with Crippen molar-refractivity contribution in [2.45, 2.75) is 25.7 Å². The van der Waals surface area contributed by atoms with Crippen molar-refractivity contribution in [3.8, 4) is 5.75 Å². The molecule has 0 aliphatic rings. The molecule has 0 saturated carbocycles. The van der Waals surface area contributed by atoms with Gasteiger partial charge in [0.05, 0.1) is 23.7 Å². The number of ether oxygens (including phenoxy) is 1. The molecule has 0 bridgehead atoms. The number of hydrogen-bond acceptors (Lipinski definition) is 3. The Morgan fingerprint density at radius 2 is 2.06 bits per heavy atom. The Morgan fingerprint density at radius 1 is 1.39 bits per heavy atom. The first kappa shape index (κ1) is 14.4. The van der Waals surface area contributed by atoms with Gasteiger partial charge in [0, 0.05) is 8.07 Å². The molecular weight excluding hydrogens is 246 g/mol. The van der Waals surface area contributed by atoms with Crippen LogP contribution < -0.4 is 4.74 Å². The highest BCUT2D eigenvalue weighted by atomic mass is 28.3. The van der Waals surface area contributed by atoms with Crippen molar-refractivity contribution in [1.82, 2.24) is 0 Å². The molecule has 0 amide bonds. The topological polar surface area (TPSA) is 52.4 Å². The molecule has 18 heavy (non-hydrogen) atoms. The molecule has 0 aliphatic heterocycles. The van der Waals surface area contributed by atoms with E-state index in [9.17, 15) is 10.1 Å². The first-order chi connectivity index (χ1) is 8.33. The molecule has 0 aliphatic carbocycles. The first-order valence-electron chi connectivity index (χ1n) is 5.82. The first-order valence-corrected chi connectivity index (χ1v) is 9.53. The Bertz CT molecular complexity index is 464. The minimum Gasteiger partial charge on any atom is -0.497 e. The molecule has 5 heteroatoms. The summed E-state index contributed by atoms with van der Waals surface area (Å²) in [6, 6.07) is 5.92. The molecule has 0 atom stereocenters. The van der Waals surface area contributed by atoms with Crippen LogP contribution in [0.15, 0.2) is 24.3 Å². The zero-order valence-electron chi connectivity index (χ0n) is 11.3. The normalized spacial score (nSPS) is 11.8. The van der Waals surface area contributed by atoms with Crippen molar-refractivity contribution < 1.29 is 9.66 Å². The smallest absolute Gasteiger partial charge is 0.280 e. The predicted molar refractivity (Wildman–Crippen MR) is 76.8 cm³/mol. The van der Waals surface area contributed by atoms with Gasteiger partial charge in [0.15, 0.2) is 0 Å². The molecule has 98 valence electrons. The van der Waals surface area contributed by atoms with Gasteiger partial charge >= 0.3 is 0 Å². The highest BCUT2D eigenvalue weighted by molar-refractivity contribution is 6.76. The minimum absolute atomic E-state index is 0.0844. The van der Waals surface area contributed by atoms with Crippen molar-refractivity contribution in [2.75, 3.05) is 7.11 Å². The summed E-state index contributed by atoms with van der Waals surface area (Å²) in [6.45, 7) is 6.79. The van der Waals surface area contributed by atoms with Crippen LogP contribution in [0, 0.1) is 10.1 Å². The van der Waals surface area contributed by atoms with Crippen LogP contribution in [-0.4, -0.2) is 20.1 Å². The third-order valence-corrected chi connectivity index (χ3v) is 3.92. The van der Waals surface area contributed by atoms with Gasteiger partial charge in [-0.25, -0.2) is 0 Å². The molecule has 1 rings (SSSR count). The lowest BCUT2D eigenvalue weighted by Crippen LogP contribution is -2.17. The highest BCUT2D eigenvalue weighted by Gasteiger charge is 2.14. The summed E-state index contributed by atoms with van der Waals surface area (Å²) in [7, 11) is 0.345. The third-order valence-electron chi connectivity index (χ3n) is 2.46. The molecule has 0 aromatic heterocycles. The van der Waals surface area contributed by atoms with Crippen molar-refractivity contribution in [1.29, 1.82) is 0 Å². The summed E-state index contributed by atoms with van der Waals surface area (Å²) in [5, 5.41) is 11.0. The van der Waals surface area contributed by atoms with Gasteiger partial charge in [-0.05, 0) is 18.2 Å². The van der Waals surface area contributed by atoms with Crippen LogP contribution in [0.25, 0.3) is 6.08 Å². The zero-order valence-corrected chi connectivity index (χ0v) is 12.3. The standard InChI is InChI=1S/C13H19NO3Si/c1-17-12-8-7-11(13(10-12)14(15)16)6-5-9-18(2,3)4/h5-8,10H,9H2,1-4H3. The number of benzene rings is 1. The lowest BCUT2D eigenvalue weighted by Gasteiger charge is -2.11. The summed E-state index contributed by atoms with van der Waals surface area (Å²) in [5.41, 5.74) is 0.709. The number of nitrogens with zero attached hydrogens (tertiary/aromatic N) is 1. The minimum atomic E-state index is -1.15. The fourth-order valence-electron chi connectivity index (χ4n) is 1.49. The van der Waals surface area contributed by atoms with Crippen molar-refractivity contribution in [3.05, 3.63) is 40.0 Å². The predicted octanol–water partition coefficient (Wildman–Crippen LogP) is 3.95. The summed E-state index contributed by atoms with van der Waals surface area (Å²) in [4.78, 5) is 10.6. The molecule has 0 N–H and O–H groups in total. The molecule has 0 spiro atoms. The van der Waals surface area contributed by atoms with Gasteiger partial charge in [0.1, 0.15) is 5.75 Å². The summed E-state index contributed by atoms with van der Waals surface area (Å²) in [6.07, 6.45) is 3.86. The van der Waals surface area contributed by atoms with Gasteiger partial charge in [-0.2, -0.15) is 0 Å². The molecule has 0 heterocycles. The number of methoxy groups -OCH3 is 1. The van der Waals surface area contributed by atoms with Crippen molar-refractivity contribution in [2.24, 2.45) is 0 Å². The fourth-order valence-corrected chi connectivity index (χ4v) is 2.31. The van der Waals surface area contributed by atoms with Gasteiger partial charge in [-0.1, -0.05) is 31.8 Å². The van der Waals surface area contributed by atoms with Crippen LogP contribution in [0.4, 0.5) is 5.69 Å². The largest absolute Gasteiger partial charge is 0.497 e. The Morgan fingerprint density at radius 3 is 2.56 bits per heavy atom. The van der Waals surface area contributed by atoms with E-state index in [-0.39, 0.29) is 10.6 Å². The Kier molecular flexibility index (Phi) is 4.67. The summed E-state index contributed by atoms with van der Waals surface area (Å²) in [5.74, 6) is 0.504. The fraction of sp³-hybridized carbons (Fsp3) is 0.385. The maximum absolute atomic E-state index is 11.0. The van der Waals surface area contributed by atoms with E-state index in [0.717, 1.165) is 6.04 Å². The van der Waals surface area contributed by atoms with E-state index in [1.54, 1.807) is 12.1 Å². The van der Waals surface area contributed by atoms with Crippen LogP contribution >= 0.6 is 0 Å². The SMILES string of the molecule is COc1ccc(C=CC[Si](C)(C)C)c([N+](=O)[O-])c1. The lowest BCUT2D eigenvalue weighted by molar-refractivity contribution is -0.385. The maximum atomic E-state index is 11.0. The van der Waals surface area contributed by atoms with E-state index in [1.165, 1.54) is 13.2 Å². The van der Waals surface area contributed by atoms with Crippen LogP contribution in [0.2, 0.25) is 25.7 Å². The second kappa shape index (κ2) is 5.82. The van der Waals surface area contributed by atoms with E-state index < -0.39 is 8.07 Å². The zero-order chi connectivity index (χ0) is 13.8. The van der Waals surface area contributed by atoms with Gasteiger partial charge in [-0.15, -0.1) is 0 Å². The molecular formula is C13H19NO3Si. The second-order valence-corrected chi connectivity index (χ2v) is 10.9. The van der Waals surface area contributed by atoms with E-state index >= 15 is 0 Å². The van der Waals surface area contributed by atoms with Crippen molar-refractivity contribution in [3.63, 3.8) is 0 Å². The Hall–Kier alpha value is -1.62. The number of nitro benzene ring substituents is 1. The van der Waals surface area contributed by atoms with Gasteiger partial charge in [0.2, 0.25) is 0 Å². The second-order valence-electron chi connectivity index (χ2n) is 5.35. The van der Waals surface area contributed by atoms with Crippen LogP contribution in [-0.2, 0) is 0 Å². The van der Waals surface area contributed by atoms with Gasteiger partial charge < -0.3 is 4.74 Å². The Balaban J connectivity index is 2.98. The van der Waals surface area contributed by atoms with Gasteiger partial charge in [-0.3, -0.25) is 10.1 Å². The number of rotatable bonds is 5. The molecule has 1 aromatic carbocycles. The van der Waals surface area contributed by atoms with Gasteiger partial charge in [0.25, 0.3) is 5.69 Å². The highest BCUT2D eigenvalue weighted by Crippen LogP contribution is 2.26. The molecule has 0 radical (unpaired) electrons. The van der Waals surface area contributed by atoms with Crippen LogP contribution in [0.1, 0.15) is 5.56 Å². The monoisotopic (exact) mass is 265 g/mol. The van der Waals surface area contributed by atoms with Crippen LogP contribution in [0.5, 0.6) is 5.75 Å². The molecule has 0 fully saturated rings. The lowest BCUT2D eigenvalue weighted by atomic mass is 10.1. The van der Waals surface area contributed by atoms with Crippen LogP contribution in [0.3, 0.4) is 0 Å². The molecule has 4 nitrogen and oxygen atoms in total. The molecule has 0 saturated heterocycles. The van der Waals surface area contributed by atoms with E-state index in [0.29, 0.717) is 11.3 Å². The number of nitro groups is 1. The van der Waals surface area contributed by atoms with E-state index in [1.807, 2.05) is 12.2 Å². The summed E-state index contributed by atoms with van der Waals surface area (Å²) >= 11 is 0. The Labute approximate surface area is 108 Å². The van der Waals surface area contributed by atoms with Crippen molar-refractivity contribution >= 4 is 19.8 Å². The average molecular weight is 265 g/mol. The molecule has 1 aromatic rings. The maximum Gasteiger partial charge on any atom is 0.280 e. The summed E-state index contributed by atoms with van der Waals surface area (Å²) < 4.78 is 5.00. The van der Waals surface area contributed by atoms with E-state index in [4.69, 9.17) is 4.74 Å². The quantitative estimate of drug-likeness (QED) is 0.460. The van der Waals surface area contributed by atoms with E-state index in [2.05, 4.69) is 19.6 Å². The number of allylic oxidation sites excluding steroid dienone is 1.